The molecular weight excluding hydrogens is 893 g/mol. The second-order valence-electron chi connectivity index (χ2n) is 20.9. The molecule has 362 valence electrons. The number of imidazole rings is 2. The van der Waals surface area contributed by atoms with Crippen LogP contribution in [-0.4, -0.2) is 129 Å². The molecule has 3 aliphatic carbocycles. The largest absolute Gasteiger partial charge is 0.453 e. The lowest BCUT2D eigenvalue weighted by molar-refractivity contribution is -0.138. The van der Waals surface area contributed by atoms with E-state index in [1.54, 1.807) is 0 Å². The minimum absolute atomic E-state index is 0.0391. The molecule has 8 aliphatic rings. The Balaban J connectivity index is 0.736. The summed E-state index contributed by atoms with van der Waals surface area (Å²) in [6, 6.07) is 14.7. The molecule has 0 radical (unpaired) electrons. The molecule has 14 rings (SSSR count). The molecule has 18 heteroatoms. The zero-order chi connectivity index (χ0) is 47.7. The summed E-state index contributed by atoms with van der Waals surface area (Å²) in [4.78, 5) is 85.0. The number of ether oxygens (including phenoxy) is 4. The van der Waals surface area contributed by atoms with Crippen LogP contribution in [0.4, 0.5) is 9.59 Å². The van der Waals surface area contributed by atoms with Crippen molar-refractivity contribution in [1.82, 2.24) is 50.3 Å². The Morgan fingerprint density at radius 2 is 1.19 bits per heavy atom. The number of hydrogen-bond acceptors (Lipinski definition) is 12. The van der Waals surface area contributed by atoms with Gasteiger partial charge in [-0.2, -0.15) is 0 Å². The van der Waals surface area contributed by atoms with E-state index in [0.717, 1.165) is 73.4 Å². The number of piperidine rings is 2. The molecular formula is C52H56N10O8. The van der Waals surface area contributed by atoms with E-state index < -0.39 is 24.3 Å². The third-order valence-corrected chi connectivity index (χ3v) is 17.4. The van der Waals surface area contributed by atoms with E-state index in [2.05, 4.69) is 46.6 Å². The summed E-state index contributed by atoms with van der Waals surface area (Å²) in [6.07, 6.45) is 6.08. The highest BCUT2D eigenvalue weighted by atomic mass is 16.5. The normalized spacial score (nSPS) is 29.7. The third-order valence-electron chi connectivity index (χ3n) is 17.4. The second-order valence-corrected chi connectivity index (χ2v) is 20.9. The van der Waals surface area contributed by atoms with Crippen molar-refractivity contribution in [3.05, 3.63) is 72.6 Å². The number of carbonyl (C=O) groups excluding carboxylic acids is 4. The van der Waals surface area contributed by atoms with Crippen molar-refractivity contribution in [3.8, 4) is 22.3 Å². The van der Waals surface area contributed by atoms with Gasteiger partial charge in [0, 0.05) is 62.0 Å². The summed E-state index contributed by atoms with van der Waals surface area (Å²) in [7, 11) is 2.64. The predicted octanol–water partition coefficient (Wildman–Crippen LogP) is 6.44. The van der Waals surface area contributed by atoms with Gasteiger partial charge in [0.05, 0.1) is 59.4 Å². The molecule has 2 aromatic carbocycles. The maximum absolute atomic E-state index is 14.5. The van der Waals surface area contributed by atoms with Crippen LogP contribution in [-0.2, 0) is 28.5 Å². The topological polar surface area (TPSA) is 219 Å². The number of alkyl carbamates (subject to hydrolysis) is 2. The van der Waals surface area contributed by atoms with Crippen LogP contribution in [0.5, 0.6) is 0 Å². The first kappa shape index (κ1) is 43.4. The van der Waals surface area contributed by atoms with Crippen molar-refractivity contribution in [3.63, 3.8) is 0 Å². The Kier molecular flexibility index (Phi) is 10.0. The minimum Gasteiger partial charge on any atom is -0.453 e. The molecule has 70 heavy (non-hydrogen) atoms. The van der Waals surface area contributed by atoms with Gasteiger partial charge in [0.15, 0.2) is 0 Å². The van der Waals surface area contributed by atoms with Gasteiger partial charge in [-0.1, -0.05) is 26.0 Å². The van der Waals surface area contributed by atoms with Gasteiger partial charge in [-0.25, -0.2) is 19.6 Å². The summed E-state index contributed by atoms with van der Waals surface area (Å²) in [5.41, 5.74) is 8.67. The van der Waals surface area contributed by atoms with Crippen LogP contribution < -0.4 is 10.6 Å². The van der Waals surface area contributed by atoms with Gasteiger partial charge in [0.25, 0.3) is 0 Å². The first-order chi connectivity index (χ1) is 34.0. The molecule has 2 bridgehead atoms. The monoisotopic (exact) mass is 948 g/mol. The highest BCUT2D eigenvalue weighted by molar-refractivity contribution is 5.91. The molecule has 4 amide bonds. The van der Waals surface area contributed by atoms with Gasteiger partial charge in [0.1, 0.15) is 23.7 Å². The molecule has 4 N–H and O–H groups in total. The molecule has 8 fully saturated rings. The highest BCUT2D eigenvalue weighted by Gasteiger charge is 2.94. The summed E-state index contributed by atoms with van der Waals surface area (Å²) in [5.74, 6) is 2.79. The van der Waals surface area contributed by atoms with E-state index >= 15 is 0 Å². The standard InChI is InChI=1S/C52H56N10O8/c1-24-31-21-38(61(43(24)31)48(63)41(59-50(65)67-3)25-9-13-69-14-10-25)46-55-32-7-5-27(17-36(32)57-46)29-19-34-35(53-22-29)20-30(23-54-34)28-6-8-33-37(18-28)58-47(56-33)44-39-40-45(52(39,40)2)62(44)49(64)42(60-51(66)68-4)26-11-15-70-16-12-26/h5-8,17-20,22-26,31,38-45H,9-16,21H2,1-4H3,(H,55,57)(H,56,58)(H,59,65)(H,60,66)/t24-,31+,38+,39?,40-,41+,42+,43?,44+,45+,52-/m1/s1. The SMILES string of the molecule is COC(=O)N[C@H](C(=O)N1C2[C@@H](C[C@H]1c1nc3ccc(-c4cnc5cc(-c6ccc7nc([C@@H]8C9[C@@H]%10[C@H](N8C(=O)[C@@H](NC(=O)OC)C8CCOCC8)[C@]9%10C)[nH]c7c6)cnc5c4)cc3[nH]1)[C@H]2C)C1CCOCC1. The van der Waals surface area contributed by atoms with Crippen molar-refractivity contribution in [2.75, 3.05) is 40.6 Å². The molecule has 11 atom stereocenters. The van der Waals surface area contributed by atoms with Gasteiger partial charge < -0.3 is 49.3 Å². The number of likely N-dealkylation sites (tertiary alicyclic amines) is 1. The summed E-state index contributed by atoms with van der Waals surface area (Å²) >= 11 is 0. The molecule has 5 aliphatic heterocycles. The van der Waals surface area contributed by atoms with Crippen LogP contribution in [0.1, 0.15) is 69.7 Å². The second kappa shape index (κ2) is 16.2. The molecule has 4 aromatic heterocycles. The summed E-state index contributed by atoms with van der Waals surface area (Å²) in [5, 5.41) is 5.76. The Morgan fingerprint density at radius 3 is 1.71 bits per heavy atom. The number of methoxy groups -OCH3 is 2. The molecule has 2 unspecified atom stereocenters. The minimum atomic E-state index is -0.704. The maximum Gasteiger partial charge on any atom is 0.407 e. The number of rotatable bonds is 10. The van der Waals surface area contributed by atoms with E-state index in [0.29, 0.717) is 75.8 Å². The first-order valence-corrected chi connectivity index (χ1v) is 24.8. The van der Waals surface area contributed by atoms with Crippen molar-refractivity contribution in [1.29, 1.82) is 0 Å². The number of carbonyl (C=O) groups is 4. The fourth-order valence-corrected chi connectivity index (χ4v) is 13.4. The van der Waals surface area contributed by atoms with Crippen LogP contribution >= 0.6 is 0 Å². The Bertz CT molecular complexity index is 3130. The fraction of sp³-hybridized carbons (Fsp3) is 0.500. The van der Waals surface area contributed by atoms with E-state index in [-0.39, 0.29) is 53.2 Å². The Morgan fingerprint density at radius 1 is 0.686 bits per heavy atom. The number of benzene rings is 2. The number of amides is 4. The van der Waals surface area contributed by atoms with E-state index in [4.69, 9.17) is 38.9 Å². The van der Waals surface area contributed by atoms with Crippen LogP contribution in [0.2, 0.25) is 0 Å². The van der Waals surface area contributed by atoms with Crippen molar-refractivity contribution >= 4 is 57.1 Å². The predicted molar refractivity (Wildman–Crippen MR) is 255 cm³/mol. The quantitative estimate of drug-likeness (QED) is 0.117. The lowest BCUT2D eigenvalue weighted by Crippen LogP contribution is -2.54. The smallest absolute Gasteiger partial charge is 0.407 e. The molecule has 3 saturated carbocycles. The maximum atomic E-state index is 14.5. The van der Waals surface area contributed by atoms with E-state index in [1.807, 2.05) is 58.6 Å². The van der Waals surface area contributed by atoms with Crippen LogP contribution in [0.25, 0.3) is 55.4 Å². The average Bonchev–Trinajstić information content (AvgIpc) is 3.94. The van der Waals surface area contributed by atoms with Crippen LogP contribution in [0.15, 0.2) is 60.9 Å². The number of nitrogens with zero attached hydrogens (tertiary/aromatic N) is 6. The van der Waals surface area contributed by atoms with Crippen molar-refractivity contribution < 1.29 is 38.1 Å². The van der Waals surface area contributed by atoms with E-state index in [9.17, 15) is 19.2 Å². The third kappa shape index (κ3) is 6.79. The number of nitrogens with one attached hydrogen (secondary N) is 4. The van der Waals surface area contributed by atoms with Crippen LogP contribution in [0, 0.1) is 40.9 Å². The summed E-state index contributed by atoms with van der Waals surface area (Å²) in [6.45, 7) is 6.67. The first-order valence-electron chi connectivity index (χ1n) is 24.8. The van der Waals surface area contributed by atoms with E-state index in [1.165, 1.54) is 14.2 Å². The fourth-order valence-electron chi connectivity index (χ4n) is 13.4. The van der Waals surface area contributed by atoms with Gasteiger partial charge in [-0.3, -0.25) is 19.6 Å². The Hall–Kier alpha value is -6.66. The van der Waals surface area contributed by atoms with Crippen molar-refractivity contribution in [2.45, 2.75) is 82.2 Å². The zero-order valence-electron chi connectivity index (χ0n) is 39.5. The number of hydrogen-bond donors (Lipinski definition) is 4. The molecule has 6 aromatic rings. The number of H-pyrrole nitrogens is 2. The number of fused-ring (bicyclic) bond motifs is 5. The number of pyridine rings is 2. The average molecular weight is 949 g/mol. The van der Waals surface area contributed by atoms with Gasteiger partial charge >= 0.3 is 12.2 Å². The van der Waals surface area contributed by atoms with Gasteiger partial charge in [0.2, 0.25) is 11.8 Å². The molecule has 0 spiro atoms. The molecule has 18 nitrogen and oxygen atoms in total. The molecule has 9 heterocycles. The Labute approximate surface area is 403 Å². The zero-order valence-corrected chi connectivity index (χ0v) is 39.5. The lowest BCUT2D eigenvalue weighted by atomic mass is 9.90. The summed E-state index contributed by atoms with van der Waals surface area (Å²) < 4.78 is 21.1. The van der Waals surface area contributed by atoms with Gasteiger partial charge in [-0.15, -0.1) is 0 Å². The highest BCUT2D eigenvalue weighted by Crippen LogP contribution is 2.90. The van der Waals surface area contributed by atoms with Crippen molar-refractivity contribution in [2.24, 2.45) is 40.9 Å². The number of aromatic amines is 2. The van der Waals surface area contributed by atoms with Crippen LogP contribution in [0.3, 0.4) is 0 Å². The molecule has 5 saturated heterocycles. The lowest BCUT2D eigenvalue weighted by Gasteiger charge is -2.35. The number of aromatic nitrogens is 6. The van der Waals surface area contributed by atoms with Gasteiger partial charge in [-0.05, 0) is 121 Å².